The van der Waals surface area contributed by atoms with Gasteiger partial charge in [-0.25, -0.2) is 4.58 Å². The lowest BCUT2D eigenvalue weighted by Crippen LogP contribution is -2.34. The fraction of sp³-hybridized carbons (Fsp3) is 0.909. The van der Waals surface area contributed by atoms with Crippen molar-refractivity contribution in [2.24, 2.45) is 11.8 Å². The van der Waals surface area contributed by atoms with Crippen molar-refractivity contribution in [1.82, 2.24) is 0 Å². The van der Waals surface area contributed by atoms with E-state index in [0.29, 0.717) is 0 Å². The molecule has 1 nitrogen and oxygen atoms in total. The molecule has 2 rings (SSSR count). The molecule has 1 aliphatic heterocycles. The van der Waals surface area contributed by atoms with Crippen molar-refractivity contribution in [3.05, 3.63) is 0 Å². The fourth-order valence-corrected chi connectivity index (χ4v) is 2.78. The van der Waals surface area contributed by atoms with E-state index in [0.717, 1.165) is 11.8 Å². The third-order valence-corrected chi connectivity index (χ3v) is 3.25. The number of fused-ring (bicyclic) bond motifs is 2. The molecule has 0 saturated heterocycles. The topological polar surface area (TPSA) is 3.01 Å². The maximum absolute atomic E-state index is 2.57. The predicted octanol–water partition coefficient (Wildman–Crippen LogP) is 2.30. The Hall–Kier alpha value is -0.330. The molecule has 0 amide bonds. The largest absolute Gasteiger partial charge is 0.239 e. The highest BCUT2D eigenvalue weighted by Gasteiger charge is 2.30. The molecule has 0 aromatic heterocycles. The van der Waals surface area contributed by atoms with Crippen molar-refractivity contribution in [1.29, 1.82) is 0 Å². The van der Waals surface area contributed by atoms with Crippen molar-refractivity contribution in [2.75, 3.05) is 13.1 Å². The van der Waals surface area contributed by atoms with Crippen LogP contribution in [0.5, 0.6) is 0 Å². The van der Waals surface area contributed by atoms with E-state index in [-0.39, 0.29) is 0 Å². The summed E-state index contributed by atoms with van der Waals surface area (Å²) in [5.74, 6) is 1.96. The quantitative estimate of drug-likeness (QED) is 0.554. The predicted molar refractivity (Wildman–Crippen MR) is 51.8 cm³/mol. The van der Waals surface area contributed by atoms with E-state index in [1.807, 2.05) is 0 Å². The number of nitrogens with zero attached hydrogens (tertiary/aromatic N) is 1. The molecule has 1 saturated carbocycles. The Morgan fingerprint density at radius 3 is 3.08 bits per heavy atom. The lowest BCUT2D eigenvalue weighted by atomic mass is 9.80. The van der Waals surface area contributed by atoms with Gasteiger partial charge in [0.2, 0.25) is 0 Å². The molecule has 0 N–H and O–H groups in total. The third-order valence-electron chi connectivity index (χ3n) is 3.25. The summed E-state index contributed by atoms with van der Waals surface area (Å²) in [6.45, 7) is 4.91. The van der Waals surface area contributed by atoms with E-state index in [1.54, 1.807) is 0 Å². The van der Waals surface area contributed by atoms with Gasteiger partial charge in [0.05, 0.1) is 0 Å². The SMILES string of the molecule is CCC[N+]1=C[C@H]2CCC[C@H](C2)C1. The van der Waals surface area contributed by atoms with Gasteiger partial charge in [-0.15, -0.1) is 0 Å². The van der Waals surface area contributed by atoms with Gasteiger partial charge >= 0.3 is 0 Å². The van der Waals surface area contributed by atoms with Crippen LogP contribution in [0, 0.1) is 11.8 Å². The first-order valence-corrected chi connectivity index (χ1v) is 5.47. The van der Waals surface area contributed by atoms with Crippen molar-refractivity contribution >= 4 is 6.21 Å². The number of hydrogen-bond donors (Lipinski definition) is 0. The first-order valence-electron chi connectivity index (χ1n) is 5.47. The number of rotatable bonds is 2. The Morgan fingerprint density at radius 1 is 1.42 bits per heavy atom. The van der Waals surface area contributed by atoms with Crippen LogP contribution in [0.25, 0.3) is 0 Å². The Morgan fingerprint density at radius 2 is 2.33 bits per heavy atom. The Balaban J connectivity index is 2.01. The summed E-state index contributed by atoms with van der Waals surface area (Å²) in [4.78, 5) is 0. The van der Waals surface area contributed by atoms with Crippen molar-refractivity contribution in [3.8, 4) is 0 Å². The highest BCUT2D eigenvalue weighted by atomic mass is 15.0. The smallest absolute Gasteiger partial charge is 0.145 e. The second-order valence-corrected chi connectivity index (χ2v) is 4.44. The monoisotopic (exact) mass is 166 g/mol. The van der Waals surface area contributed by atoms with Crippen LogP contribution in [0.1, 0.15) is 39.0 Å². The molecule has 2 atom stereocenters. The summed E-state index contributed by atoms with van der Waals surface area (Å²) in [5.41, 5.74) is 0. The van der Waals surface area contributed by atoms with Gasteiger partial charge < -0.3 is 0 Å². The minimum atomic E-state index is 0.934. The summed E-state index contributed by atoms with van der Waals surface area (Å²) in [6, 6.07) is 0. The standard InChI is InChI=1S/C11H20N/c1-2-6-12-8-10-4-3-5-11(7-10)9-12/h8,10-11H,2-7,9H2,1H3/q+1/t10-,11+/m0/s1. The van der Waals surface area contributed by atoms with Gasteiger partial charge in [0, 0.05) is 18.3 Å². The summed E-state index contributed by atoms with van der Waals surface area (Å²) in [6.07, 6.45) is 9.72. The van der Waals surface area contributed by atoms with Gasteiger partial charge in [0.1, 0.15) is 19.3 Å². The molecule has 0 aromatic carbocycles. The number of hydrogen-bond acceptors (Lipinski definition) is 0. The summed E-state index contributed by atoms with van der Waals surface area (Å²) in [5, 5.41) is 0. The highest BCUT2D eigenvalue weighted by Crippen LogP contribution is 2.30. The van der Waals surface area contributed by atoms with E-state index in [9.17, 15) is 0 Å². The molecule has 1 heterocycles. The molecule has 1 heteroatoms. The minimum Gasteiger partial charge on any atom is -0.239 e. The van der Waals surface area contributed by atoms with Crippen LogP contribution in [-0.2, 0) is 0 Å². The van der Waals surface area contributed by atoms with E-state index in [1.165, 1.54) is 45.2 Å². The molecule has 0 spiro atoms. The molecule has 1 fully saturated rings. The lowest BCUT2D eigenvalue weighted by Gasteiger charge is -2.29. The minimum absolute atomic E-state index is 0.934. The van der Waals surface area contributed by atoms with Crippen LogP contribution in [0.4, 0.5) is 0 Å². The van der Waals surface area contributed by atoms with Crippen molar-refractivity contribution in [2.45, 2.75) is 39.0 Å². The average Bonchev–Trinajstić information content (AvgIpc) is 2.04. The molecule has 68 valence electrons. The molecule has 0 unspecified atom stereocenters. The molecule has 2 aliphatic rings. The van der Waals surface area contributed by atoms with Gasteiger partial charge in [-0.2, -0.15) is 0 Å². The average molecular weight is 166 g/mol. The lowest BCUT2D eigenvalue weighted by molar-refractivity contribution is -0.539. The Kier molecular flexibility index (Phi) is 2.48. The van der Waals surface area contributed by atoms with Crippen LogP contribution in [0.3, 0.4) is 0 Å². The first kappa shape index (κ1) is 8.28. The van der Waals surface area contributed by atoms with Crippen LogP contribution < -0.4 is 0 Å². The van der Waals surface area contributed by atoms with Crippen molar-refractivity contribution < 1.29 is 4.58 Å². The van der Waals surface area contributed by atoms with Gasteiger partial charge in [-0.1, -0.05) is 13.3 Å². The summed E-state index contributed by atoms with van der Waals surface area (Å²) in [7, 11) is 0. The maximum atomic E-state index is 2.57. The summed E-state index contributed by atoms with van der Waals surface area (Å²) < 4.78 is 2.57. The second kappa shape index (κ2) is 3.59. The van der Waals surface area contributed by atoms with E-state index < -0.39 is 0 Å². The zero-order valence-electron chi connectivity index (χ0n) is 8.13. The molecular weight excluding hydrogens is 146 g/mol. The second-order valence-electron chi connectivity index (χ2n) is 4.44. The van der Waals surface area contributed by atoms with E-state index in [4.69, 9.17) is 0 Å². The molecule has 1 aliphatic carbocycles. The van der Waals surface area contributed by atoms with Crippen LogP contribution in [-0.4, -0.2) is 23.9 Å². The van der Waals surface area contributed by atoms with Crippen LogP contribution in [0.15, 0.2) is 0 Å². The molecule has 0 aromatic rings. The first-order chi connectivity index (χ1) is 5.88. The van der Waals surface area contributed by atoms with Crippen LogP contribution in [0.2, 0.25) is 0 Å². The highest BCUT2D eigenvalue weighted by molar-refractivity contribution is 5.56. The van der Waals surface area contributed by atoms with Gasteiger partial charge in [0.25, 0.3) is 0 Å². The Bertz CT molecular complexity index is 183. The summed E-state index contributed by atoms with van der Waals surface area (Å²) >= 11 is 0. The van der Waals surface area contributed by atoms with E-state index >= 15 is 0 Å². The zero-order valence-corrected chi connectivity index (χ0v) is 8.13. The molecule has 2 bridgehead atoms. The third kappa shape index (κ3) is 1.70. The fourth-order valence-electron chi connectivity index (χ4n) is 2.78. The molecule has 0 radical (unpaired) electrons. The van der Waals surface area contributed by atoms with Gasteiger partial charge in [-0.05, 0) is 19.3 Å². The van der Waals surface area contributed by atoms with Crippen molar-refractivity contribution in [3.63, 3.8) is 0 Å². The Labute approximate surface area is 75.5 Å². The van der Waals surface area contributed by atoms with Crippen LogP contribution >= 0.6 is 0 Å². The maximum Gasteiger partial charge on any atom is 0.145 e. The van der Waals surface area contributed by atoms with E-state index in [2.05, 4.69) is 17.7 Å². The van der Waals surface area contributed by atoms with Gasteiger partial charge in [-0.3, -0.25) is 0 Å². The molecule has 12 heavy (non-hydrogen) atoms. The molecular formula is C11H20N+. The normalized spacial score (nSPS) is 34.6. The van der Waals surface area contributed by atoms with Gasteiger partial charge in [0.15, 0.2) is 0 Å². The zero-order chi connectivity index (χ0) is 8.39.